The van der Waals surface area contributed by atoms with E-state index in [1.807, 2.05) is 17.0 Å². The number of amides is 1. The van der Waals surface area contributed by atoms with E-state index in [0.29, 0.717) is 36.0 Å². The first kappa shape index (κ1) is 22.0. The lowest BCUT2D eigenvalue weighted by Crippen LogP contribution is -2.51. The highest BCUT2D eigenvalue weighted by Crippen LogP contribution is 2.23. The number of rotatable bonds is 5. The van der Waals surface area contributed by atoms with Crippen molar-refractivity contribution >= 4 is 23.3 Å². The predicted molar refractivity (Wildman–Crippen MR) is 120 cm³/mol. The largest absolute Gasteiger partial charge is 0.384 e. The van der Waals surface area contributed by atoms with Crippen molar-refractivity contribution in [2.24, 2.45) is 5.92 Å². The molecule has 3 heterocycles. The molecule has 0 unspecified atom stereocenters. The number of hydrogen-bond donors (Lipinski definition) is 1. The van der Waals surface area contributed by atoms with E-state index < -0.39 is 0 Å². The van der Waals surface area contributed by atoms with Crippen LogP contribution in [-0.4, -0.2) is 64.9 Å². The Bertz CT molecular complexity index is 911. The average molecular weight is 446 g/mol. The third-order valence-corrected chi connectivity index (χ3v) is 6.51. The van der Waals surface area contributed by atoms with Crippen molar-refractivity contribution < 1.29 is 9.18 Å². The van der Waals surface area contributed by atoms with Crippen LogP contribution in [-0.2, 0) is 17.9 Å². The van der Waals surface area contributed by atoms with E-state index >= 15 is 0 Å². The molecule has 0 aliphatic carbocycles. The minimum absolute atomic E-state index is 0.0932. The monoisotopic (exact) mass is 445 g/mol. The summed E-state index contributed by atoms with van der Waals surface area (Å²) in [4.78, 5) is 23.6. The van der Waals surface area contributed by atoms with Gasteiger partial charge in [0.05, 0.1) is 0 Å². The lowest BCUT2D eigenvalue weighted by Gasteiger charge is -2.38. The number of nitrogens with zero attached hydrogens (tertiary/aromatic N) is 4. The number of benzene rings is 1. The maximum atomic E-state index is 14.0. The Balaban J connectivity index is 1.22. The molecule has 0 atom stereocenters. The number of likely N-dealkylation sites (tertiary alicyclic amines) is 1. The van der Waals surface area contributed by atoms with E-state index in [0.717, 1.165) is 51.1 Å². The Labute approximate surface area is 187 Å². The van der Waals surface area contributed by atoms with Gasteiger partial charge in [-0.3, -0.25) is 14.6 Å². The molecule has 8 heteroatoms. The molecule has 0 radical (unpaired) electrons. The second-order valence-corrected chi connectivity index (χ2v) is 8.91. The SMILES string of the molecule is Nc1cc(CN2CCC(C(=O)N3CCN(Cc4cc(Cl)ccc4F)CC3)CC2)ccn1. The number of carbonyl (C=O) groups is 1. The summed E-state index contributed by atoms with van der Waals surface area (Å²) in [5.41, 5.74) is 7.53. The molecule has 2 N–H and O–H groups in total. The van der Waals surface area contributed by atoms with E-state index in [1.54, 1.807) is 18.3 Å². The van der Waals surface area contributed by atoms with Gasteiger partial charge in [0, 0.05) is 62.0 Å². The summed E-state index contributed by atoms with van der Waals surface area (Å²) in [6.45, 7) is 6.06. The van der Waals surface area contributed by atoms with Crippen LogP contribution in [0.15, 0.2) is 36.5 Å². The standard InChI is InChI=1S/C23H29ClFN5O/c24-20-1-2-21(25)19(14-20)16-29-9-11-30(12-10-29)23(31)18-4-7-28(8-5-18)15-17-3-6-27-22(26)13-17/h1-3,6,13-14,18H,4-5,7-12,15-16H2,(H2,26,27). The lowest BCUT2D eigenvalue weighted by atomic mass is 9.94. The third-order valence-electron chi connectivity index (χ3n) is 6.27. The molecule has 4 rings (SSSR count). The Kier molecular flexibility index (Phi) is 7.05. The predicted octanol–water partition coefficient (Wildman–Crippen LogP) is 3.01. The summed E-state index contributed by atoms with van der Waals surface area (Å²) in [6.07, 6.45) is 3.50. The molecule has 1 aromatic heterocycles. The molecule has 0 spiro atoms. The second kappa shape index (κ2) is 9.94. The van der Waals surface area contributed by atoms with Crippen LogP contribution >= 0.6 is 11.6 Å². The number of pyridine rings is 1. The van der Waals surface area contributed by atoms with Crippen LogP contribution in [0.1, 0.15) is 24.0 Å². The minimum atomic E-state index is -0.232. The number of hydrogen-bond acceptors (Lipinski definition) is 5. The summed E-state index contributed by atoms with van der Waals surface area (Å²) in [6, 6.07) is 8.55. The van der Waals surface area contributed by atoms with Gasteiger partial charge in [0.15, 0.2) is 0 Å². The van der Waals surface area contributed by atoms with Crippen molar-refractivity contribution in [3.05, 3.63) is 58.5 Å². The summed E-state index contributed by atoms with van der Waals surface area (Å²) >= 11 is 6.00. The number of nitrogen functional groups attached to an aromatic ring is 1. The van der Waals surface area contributed by atoms with E-state index in [9.17, 15) is 9.18 Å². The molecular formula is C23H29ClFN5O. The number of aromatic nitrogens is 1. The first-order valence-corrected chi connectivity index (χ1v) is 11.2. The molecule has 6 nitrogen and oxygen atoms in total. The molecule has 31 heavy (non-hydrogen) atoms. The van der Waals surface area contributed by atoms with Crippen LogP contribution in [0.4, 0.5) is 10.2 Å². The number of nitrogens with two attached hydrogens (primary N) is 1. The van der Waals surface area contributed by atoms with E-state index in [1.165, 1.54) is 6.07 Å². The Hall–Kier alpha value is -2.22. The Morgan fingerprint density at radius 3 is 2.45 bits per heavy atom. The van der Waals surface area contributed by atoms with Crippen molar-refractivity contribution in [1.29, 1.82) is 0 Å². The zero-order chi connectivity index (χ0) is 21.8. The molecule has 2 fully saturated rings. The van der Waals surface area contributed by atoms with Gasteiger partial charge in [-0.05, 0) is 61.8 Å². The molecule has 166 valence electrons. The van der Waals surface area contributed by atoms with Crippen LogP contribution in [0.2, 0.25) is 5.02 Å². The van der Waals surface area contributed by atoms with Crippen LogP contribution in [0.3, 0.4) is 0 Å². The van der Waals surface area contributed by atoms with Gasteiger partial charge in [0.1, 0.15) is 11.6 Å². The molecule has 2 aliphatic rings. The molecule has 1 aromatic carbocycles. The molecule has 0 saturated carbocycles. The molecule has 2 aromatic rings. The van der Waals surface area contributed by atoms with Gasteiger partial charge in [-0.2, -0.15) is 0 Å². The molecule has 2 aliphatic heterocycles. The van der Waals surface area contributed by atoms with Gasteiger partial charge in [-0.25, -0.2) is 9.37 Å². The number of piperazine rings is 1. The van der Waals surface area contributed by atoms with Crippen molar-refractivity contribution in [3.8, 4) is 0 Å². The van der Waals surface area contributed by atoms with Gasteiger partial charge in [0.2, 0.25) is 5.91 Å². The van der Waals surface area contributed by atoms with Crippen molar-refractivity contribution in [2.45, 2.75) is 25.9 Å². The number of piperidine rings is 1. The summed E-state index contributed by atoms with van der Waals surface area (Å²) < 4.78 is 14.0. The van der Waals surface area contributed by atoms with Crippen LogP contribution < -0.4 is 5.73 Å². The first-order chi connectivity index (χ1) is 15.0. The quantitative estimate of drug-likeness (QED) is 0.766. The molecule has 2 saturated heterocycles. The van der Waals surface area contributed by atoms with Crippen molar-refractivity contribution in [1.82, 2.24) is 19.7 Å². The Morgan fingerprint density at radius 1 is 1.03 bits per heavy atom. The van der Waals surface area contributed by atoms with Crippen molar-refractivity contribution in [2.75, 3.05) is 45.0 Å². The fraction of sp³-hybridized carbons (Fsp3) is 0.478. The maximum absolute atomic E-state index is 14.0. The third kappa shape index (κ3) is 5.73. The lowest BCUT2D eigenvalue weighted by molar-refractivity contribution is -0.139. The normalized spacial score (nSPS) is 19.0. The summed E-state index contributed by atoms with van der Waals surface area (Å²) in [5.74, 6) is 0.668. The fourth-order valence-corrected chi connectivity index (χ4v) is 4.67. The number of anilines is 1. The van der Waals surface area contributed by atoms with E-state index in [-0.39, 0.29) is 17.6 Å². The van der Waals surface area contributed by atoms with Gasteiger partial charge in [-0.15, -0.1) is 0 Å². The van der Waals surface area contributed by atoms with Crippen LogP contribution in [0.25, 0.3) is 0 Å². The smallest absolute Gasteiger partial charge is 0.225 e. The van der Waals surface area contributed by atoms with Crippen LogP contribution in [0.5, 0.6) is 0 Å². The van der Waals surface area contributed by atoms with Gasteiger partial charge >= 0.3 is 0 Å². The highest BCUT2D eigenvalue weighted by atomic mass is 35.5. The fourth-order valence-electron chi connectivity index (χ4n) is 4.48. The van der Waals surface area contributed by atoms with E-state index in [4.69, 9.17) is 17.3 Å². The number of halogens is 2. The second-order valence-electron chi connectivity index (χ2n) is 8.48. The average Bonchev–Trinajstić information content (AvgIpc) is 2.77. The van der Waals surface area contributed by atoms with Gasteiger partial charge in [0.25, 0.3) is 0 Å². The van der Waals surface area contributed by atoms with Gasteiger partial charge in [-0.1, -0.05) is 11.6 Å². The highest BCUT2D eigenvalue weighted by molar-refractivity contribution is 6.30. The topological polar surface area (TPSA) is 65.7 Å². The first-order valence-electron chi connectivity index (χ1n) is 10.9. The summed E-state index contributed by atoms with van der Waals surface area (Å²) in [7, 11) is 0. The van der Waals surface area contributed by atoms with Crippen molar-refractivity contribution in [3.63, 3.8) is 0 Å². The zero-order valence-corrected chi connectivity index (χ0v) is 18.4. The van der Waals surface area contributed by atoms with Crippen LogP contribution in [0, 0.1) is 11.7 Å². The zero-order valence-electron chi connectivity index (χ0n) is 17.6. The van der Waals surface area contributed by atoms with E-state index in [2.05, 4.69) is 14.8 Å². The molecule has 1 amide bonds. The summed E-state index contributed by atoms with van der Waals surface area (Å²) in [5, 5.41) is 0.545. The number of carbonyl (C=O) groups excluding carboxylic acids is 1. The maximum Gasteiger partial charge on any atom is 0.225 e. The minimum Gasteiger partial charge on any atom is -0.384 e. The molecular weight excluding hydrogens is 417 g/mol. The highest BCUT2D eigenvalue weighted by Gasteiger charge is 2.30. The Morgan fingerprint density at radius 2 is 1.74 bits per heavy atom. The molecule has 0 bridgehead atoms. The van der Waals surface area contributed by atoms with Gasteiger partial charge < -0.3 is 10.6 Å².